The molecule has 0 atom stereocenters. The normalized spacial score (nSPS) is 10.8. The van der Waals surface area contributed by atoms with E-state index >= 15 is 0 Å². The van der Waals surface area contributed by atoms with Crippen molar-refractivity contribution >= 4 is 51.9 Å². The molecule has 2 N–H and O–H groups in total. The first-order valence-electron chi connectivity index (χ1n) is 8.88. The van der Waals surface area contributed by atoms with Crippen molar-refractivity contribution in [2.75, 3.05) is 10.6 Å². The Labute approximate surface area is 180 Å². The van der Waals surface area contributed by atoms with Crippen molar-refractivity contribution in [2.45, 2.75) is 34.2 Å². The molecule has 0 aliphatic heterocycles. The number of rotatable bonds is 4. The van der Waals surface area contributed by atoms with Crippen LogP contribution in [0, 0.1) is 27.7 Å². The molecular weight excluding hydrogens is 411 g/mol. The summed E-state index contributed by atoms with van der Waals surface area (Å²) in [5.41, 5.74) is 7.20. The van der Waals surface area contributed by atoms with Gasteiger partial charge in [0.15, 0.2) is 5.11 Å². The van der Waals surface area contributed by atoms with Crippen molar-refractivity contribution in [1.82, 2.24) is 9.78 Å². The second kappa shape index (κ2) is 8.52. The lowest BCUT2D eigenvalue weighted by Gasteiger charge is -2.14. The van der Waals surface area contributed by atoms with E-state index in [2.05, 4.69) is 35.6 Å². The van der Waals surface area contributed by atoms with Crippen molar-refractivity contribution in [1.29, 1.82) is 0 Å². The van der Waals surface area contributed by atoms with Crippen LogP contribution in [0.1, 0.15) is 28.1 Å². The molecule has 28 heavy (non-hydrogen) atoms. The molecule has 0 fully saturated rings. The fraction of sp³-hybridized carbons (Fsp3) is 0.238. The molecule has 2 aromatic carbocycles. The predicted molar refractivity (Wildman–Crippen MR) is 123 cm³/mol. The molecule has 0 bridgehead atoms. The van der Waals surface area contributed by atoms with Crippen molar-refractivity contribution < 1.29 is 0 Å². The van der Waals surface area contributed by atoms with E-state index in [1.807, 2.05) is 42.8 Å². The fourth-order valence-electron chi connectivity index (χ4n) is 3.00. The highest BCUT2D eigenvalue weighted by atomic mass is 35.5. The molecule has 146 valence electrons. The summed E-state index contributed by atoms with van der Waals surface area (Å²) in [7, 11) is 0. The topological polar surface area (TPSA) is 41.9 Å². The van der Waals surface area contributed by atoms with Crippen LogP contribution in [-0.2, 0) is 6.54 Å². The van der Waals surface area contributed by atoms with E-state index in [0.29, 0.717) is 21.7 Å². The van der Waals surface area contributed by atoms with E-state index in [1.54, 1.807) is 6.07 Å². The largest absolute Gasteiger partial charge is 0.332 e. The molecule has 4 nitrogen and oxygen atoms in total. The zero-order valence-corrected chi connectivity index (χ0v) is 18.6. The standard InChI is InChI=1S/C21H22Cl2N4S/c1-12-6-5-7-19(13(12)2)24-21(28)25-20-14(3)26-27(15(20)4)11-16-8-9-17(22)18(23)10-16/h5-10H,11H2,1-4H3,(H2,24,25,28). The Balaban J connectivity index is 1.76. The first-order valence-corrected chi connectivity index (χ1v) is 10.0. The lowest BCUT2D eigenvalue weighted by molar-refractivity contribution is 0.659. The van der Waals surface area contributed by atoms with Crippen molar-refractivity contribution in [3.8, 4) is 0 Å². The van der Waals surface area contributed by atoms with Crippen LogP contribution >= 0.6 is 35.4 Å². The van der Waals surface area contributed by atoms with Crippen LogP contribution in [0.4, 0.5) is 11.4 Å². The van der Waals surface area contributed by atoms with Crippen molar-refractivity contribution in [3.05, 3.63) is 74.5 Å². The zero-order chi connectivity index (χ0) is 20.4. The van der Waals surface area contributed by atoms with Crippen molar-refractivity contribution in [2.24, 2.45) is 0 Å². The van der Waals surface area contributed by atoms with Gasteiger partial charge in [0.05, 0.1) is 33.7 Å². The smallest absolute Gasteiger partial charge is 0.175 e. The second-order valence-corrected chi connectivity index (χ2v) is 8.00. The van der Waals surface area contributed by atoms with Gasteiger partial charge in [-0.05, 0) is 74.8 Å². The molecule has 1 aromatic heterocycles. The maximum absolute atomic E-state index is 6.13. The molecule has 0 unspecified atom stereocenters. The van der Waals surface area contributed by atoms with Crippen LogP contribution in [-0.4, -0.2) is 14.9 Å². The van der Waals surface area contributed by atoms with Gasteiger partial charge < -0.3 is 10.6 Å². The number of thiocarbonyl (C=S) groups is 1. The van der Waals surface area contributed by atoms with Crippen LogP contribution < -0.4 is 10.6 Å². The molecule has 0 saturated heterocycles. The van der Waals surface area contributed by atoms with Crippen LogP contribution in [0.25, 0.3) is 0 Å². The van der Waals surface area contributed by atoms with E-state index in [1.165, 1.54) is 11.1 Å². The average molecular weight is 433 g/mol. The minimum absolute atomic E-state index is 0.536. The fourth-order valence-corrected chi connectivity index (χ4v) is 3.53. The number of hydrogen-bond acceptors (Lipinski definition) is 2. The Kier molecular flexibility index (Phi) is 6.28. The Hall–Kier alpha value is -2.08. The SMILES string of the molecule is Cc1cccc(NC(=S)Nc2c(C)nn(Cc3ccc(Cl)c(Cl)c3)c2C)c1C. The summed E-state index contributed by atoms with van der Waals surface area (Å²) in [5, 5.41) is 12.8. The number of halogens is 2. The van der Waals surface area contributed by atoms with E-state index < -0.39 is 0 Å². The van der Waals surface area contributed by atoms with Gasteiger partial charge in [-0.1, -0.05) is 41.4 Å². The van der Waals surface area contributed by atoms with Gasteiger partial charge in [-0.25, -0.2) is 0 Å². The van der Waals surface area contributed by atoms with Gasteiger partial charge in [-0.3, -0.25) is 4.68 Å². The van der Waals surface area contributed by atoms with Crippen LogP contribution in [0.5, 0.6) is 0 Å². The first-order chi connectivity index (χ1) is 13.3. The molecular formula is C21H22Cl2N4S. The van der Waals surface area contributed by atoms with Gasteiger partial charge in [0.25, 0.3) is 0 Å². The number of benzene rings is 2. The molecule has 7 heteroatoms. The van der Waals surface area contributed by atoms with Gasteiger partial charge in [-0.15, -0.1) is 0 Å². The molecule has 3 aromatic rings. The number of nitrogens with one attached hydrogen (secondary N) is 2. The van der Waals surface area contributed by atoms with Crippen LogP contribution in [0.15, 0.2) is 36.4 Å². The van der Waals surface area contributed by atoms with Gasteiger partial charge in [0.2, 0.25) is 0 Å². The zero-order valence-electron chi connectivity index (χ0n) is 16.2. The second-order valence-electron chi connectivity index (χ2n) is 6.78. The Morgan fingerprint density at radius 2 is 1.79 bits per heavy atom. The predicted octanol–water partition coefficient (Wildman–Crippen LogP) is 6.28. The highest BCUT2D eigenvalue weighted by Gasteiger charge is 2.14. The number of nitrogens with zero attached hydrogens (tertiary/aromatic N) is 2. The minimum Gasteiger partial charge on any atom is -0.332 e. The Morgan fingerprint density at radius 1 is 1.04 bits per heavy atom. The van der Waals surface area contributed by atoms with Gasteiger partial charge in [-0.2, -0.15) is 5.10 Å². The monoisotopic (exact) mass is 432 g/mol. The Morgan fingerprint density at radius 3 is 2.50 bits per heavy atom. The number of hydrogen-bond donors (Lipinski definition) is 2. The third kappa shape index (κ3) is 4.49. The number of anilines is 2. The summed E-state index contributed by atoms with van der Waals surface area (Å²) in [4.78, 5) is 0. The summed E-state index contributed by atoms with van der Waals surface area (Å²) < 4.78 is 1.93. The molecule has 0 aliphatic rings. The molecule has 3 rings (SSSR count). The van der Waals surface area contributed by atoms with E-state index in [4.69, 9.17) is 35.4 Å². The highest BCUT2D eigenvalue weighted by molar-refractivity contribution is 7.80. The molecule has 0 aliphatic carbocycles. The molecule has 0 saturated carbocycles. The quantitative estimate of drug-likeness (QED) is 0.475. The maximum atomic E-state index is 6.13. The molecule has 0 amide bonds. The summed E-state index contributed by atoms with van der Waals surface area (Å²) in [6.45, 7) is 8.73. The summed E-state index contributed by atoms with van der Waals surface area (Å²) in [5.74, 6) is 0. The van der Waals surface area contributed by atoms with Crippen molar-refractivity contribution in [3.63, 3.8) is 0 Å². The minimum atomic E-state index is 0.536. The maximum Gasteiger partial charge on any atom is 0.175 e. The summed E-state index contributed by atoms with van der Waals surface area (Å²) in [6.07, 6.45) is 0. The van der Waals surface area contributed by atoms with E-state index in [-0.39, 0.29) is 0 Å². The highest BCUT2D eigenvalue weighted by Crippen LogP contribution is 2.25. The van der Waals surface area contributed by atoms with Gasteiger partial charge in [0, 0.05) is 5.69 Å². The number of aryl methyl sites for hydroxylation is 2. The first kappa shape index (κ1) is 20.6. The Bertz CT molecular complexity index is 1040. The average Bonchev–Trinajstić information content (AvgIpc) is 2.89. The van der Waals surface area contributed by atoms with E-state index in [0.717, 1.165) is 28.3 Å². The lowest BCUT2D eigenvalue weighted by Crippen LogP contribution is -2.20. The lowest BCUT2D eigenvalue weighted by atomic mass is 10.1. The summed E-state index contributed by atoms with van der Waals surface area (Å²) >= 11 is 17.6. The summed E-state index contributed by atoms with van der Waals surface area (Å²) in [6, 6.07) is 11.7. The third-order valence-electron chi connectivity index (χ3n) is 4.79. The van der Waals surface area contributed by atoms with Gasteiger partial charge in [0.1, 0.15) is 0 Å². The van der Waals surface area contributed by atoms with Crippen LogP contribution in [0.2, 0.25) is 10.0 Å². The molecule has 0 radical (unpaired) electrons. The van der Waals surface area contributed by atoms with Crippen LogP contribution in [0.3, 0.4) is 0 Å². The van der Waals surface area contributed by atoms with E-state index in [9.17, 15) is 0 Å². The third-order valence-corrected chi connectivity index (χ3v) is 5.73. The number of aromatic nitrogens is 2. The molecule has 1 heterocycles. The molecule has 0 spiro atoms. The van der Waals surface area contributed by atoms with Gasteiger partial charge >= 0.3 is 0 Å².